The van der Waals surface area contributed by atoms with Crippen LogP contribution in [0.25, 0.3) is 22.4 Å². The highest BCUT2D eigenvalue weighted by Crippen LogP contribution is 2.16. The highest BCUT2D eigenvalue weighted by atomic mass is 32.1. The number of benzene rings is 1. The van der Waals surface area contributed by atoms with E-state index in [1.165, 1.54) is 21.5 Å². The van der Waals surface area contributed by atoms with Crippen LogP contribution in [0, 0.1) is 0 Å². The lowest BCUT2D eigenvalue weighted by Crippen LogP contribution is -2.23. The van der Waals surface area contributed by atoms with Gasteiger partial charge < -0.3 is 4.90 Å². The molecule has 0 N–H and O–H groups in total. The van der Waals surface area contributed by atoms with Crippen LogP contribution in [0.3, 0.4) is 0 Å². The van der Waals surface area contributed by atoms with Crippen molar-refractivity contribution >= 4 is 28.1 Å². The minimum absolute atomic E-state index is 0.143. The molecular weight excluding hydrogens is 358 g/mol. The molecule has 0 aliphatic carbocycles. The van der Waals surface area contributed by atoms with Crippen LogP contribution in [0.4, 0.5) is 5.69 Å². The molecule has 0 spiro atoms. The van der Waals surface area contributed by atoms with E-state index in [0.29, 0.717) is 15.3 Å². The lowest BCUT2D eigenvalue weighted by atomic mass is 10.2. The van der Waals surface area contributed by atoms with Crippen molar-refractivity contribution < 1.29 is 0 Å². The van der Waals surface area contributed by atoms with E-state index in [2.05, 4.69) is 45.9 Å². The predicted octanol–water partition coefficient (Wildman–Crippen LogP) is 2.61. The number of pyridine rings is 1. The minimum atomic E-state index is -0.143. The van der Waals surface area contributed by atoms with E-state index in [0.717, 1.165) is 24.2 Å². The molecule has 3 heterocycles. The van der Waals surface area contributed by atoms with Crippen molar-refractivity contribution in [2.45, 2.75) is 13.8 Å². The van der Waals surface area contributed by atoms with Gasteiger partial charge in [-0.25, -0.2) is 0 Å². The van der Waals surface area contributed by atoms with Crippen molar-refractivity contribution in [3.63, 3.8) is 0 Å². The van der Waals surface area contributed by atoms with E-state index in [4.69, 9.17) is 0 Å². The molecule has 0 saturated heterocycles. The van der Waals surface area contributed by atoms with E-state index in [-0.39, 0.29) is 5.56 Å². The second-order valence-corrected chi connectivity index (χ2v) is 7.05. The van der Waals surface area contributed by atoms with Crippen LogP contribution in [0.2, 0.25) is 0 Å². The van der Waals surface area contributed by atoms with Crippen molar-refractivity contribution in [2.75, 3.05) is 18.0 Å². The molecule has 0 fully saturated rings. The van der Waals surface area contributed by atoms with Crippen LogP contribution >= 0.6 is 11.3 Å². The maximum absolute atomic E-state index is 12.7. The molecule has 1 aromatic carbocycles. The first-order chi connectivity index (χ1) is 13.2. The highest BCUT2D eigenvalue weighted by molar-refractivity contribution is 7.15. The molecule has 6 nitrogen and oxygen atoms in total. The molecule has 0 amide bonds. The summed E-state index contributed by atoms with van der Waals surface area (Å²) in [7, 11) is 0. The van der Waals surface area contributed by atoms with Gasteiger partial charge in [0.05, 0.1) is 4.53 Å². The summed E-state index contributed by atoms with van der Waals surface area (Å²) >= 11 is 1.35. The number of thiazole rings is 1. The van der Waals surface area contributed by atoms with Crippen LogP contribution in [0.1, 0.15) is 19.4 Å². The molecule has 0 saturated carbocycles. The number of fused-ring (bicyclic) bond motifs is 1. The Hall–Kier alpha value is -3.06. The van der Waals surface area contributed by atoms with Gasteiger partial charge in [-0.15, -0.1) is 5.10 Å². The maximum atomic E-state index is 12.7. The van der Waals surface area contributed by atoms with Gasteiger partial charge in [0, 0.05) is 36.7 Å². The van der Waals surface area contributed by atoms with E-state index in [1.54, 1.807) is 12.4 Å². The first kappa shape index (κ1) is 17.4. The van der Waals surface area contributed by atoms with E-state index >= 15 is 0 Å². The fourth-order valence-corrected chi connectivity index (χ4v) is 3.89. The maximum Gasteiger partial charge on any atom is 0.291 e. The number of nitrogens with zero attached hydrogens (tertiary/aromatic N) is 5. The average molecular weight is 377 g/mol. The molecule has 136 valence electrons. The van der Waals surface area contributed by atoms with Gasteiger partial charge in [0.15, 0.2) is 5.82 Å². The fourth-order valence-electron chi connectivity index (χ4n) is 2.98. The predicted molar refractivity (Wildman–Crippen MR) is 109 cm³/mol. The standard InChI is InChI=1S/C20H19N5OS/c1-3-24(4-2)16-7-5-14(6-8-16)13-17-19(26)25-20(27-17)22-18(23-25)15-9-11-21-12-10-15/h5-13H,3-4H2,1-2H3/b17-13-. The molecule has 0 aliphatic heterocycles. The number of aromatic nitrogens is 4. The Kier molecular flexibility index (Phi) is 4.68. The minimum Gasteiger partial charge on any atom is -0.372 e. The summed E-state index contributed by atoms with van der Waals surface area (Å²) in [6.07, 6.45) is 5.26. The zero-order valence-corrected chi connectivity index (χ0v) is 16.0. The summed E-state index contributed by atoms with van der Waals surface area (Å²) in [5, 5.41) is 4.35. The number of anilines is 1. The van der Waals surface area contributed by atoms with E-state index < -0.39 is 0 Å². The molecular formula is C20H19N5OS. The molecule has 0 aliphatic rings. The molecule has 0 atom stereocenters. The van der Waals surface area contributed by atoms with Crippen LogP contribution in [-0.4, -0.2) is 32.7 Å². The van der Waals surface area contributed by atoms with Crippen LogP contribution < -0.4 is 15.0 Å². The first-order valence-electron chi connectivity index (χ1n) is 8.86. The Morgan fingerprint density at radius 3 is 2.41 bits per heavy atom. The molecule has 0 bridgehead atoms. The second-order valence-electron chi connectivity index (χ2n) is 6.05. The summed E-state index contributed by atoms with van der Waals surface area (Å²) in [5.41, 5.74) is 2.87. The SMILES string of the molecule is CCN(CC)c1ccc(/C=c2\sc3nc(-c4ccncc4)nn3c2=O)cc1. The first-order valence-corrected chi connectivity index (χ1v) is 9.68. The number of rotatable bonds is 5. The lowest BCUT2D eigenvalue weighted by Gasteiger charge is -2.20. The molecule has 0 radical (unpaired) electrons. The molecule has 0 unspecified atom stereocenters. The fraction of sp³-hybridized carbons (Fsp3) is 0.200. The zero-order chi connectivity index (χ0) is 18.8. The Balaban J connectivity index is 1.69. The van der Waals surface area contributed by atoms with Gasteiger partial charge in [0.2, 0.25) is 4.96 Å². The monoisotopic (exact) mass is 377 g/mol. The van der Waals surface area contributed by atoms with Gasteiger partial charge in [-0.1, -0.05) is 23.5 Å². The largest absolute Gasteiger partial charge is 0.372 e. The Morgan fingerprint density at radius 1 is 1.07 bits per heavy atom. The lowest BCUT2D eigenvalue weighted by molar-refractivity contribution is 0.866. The molecule has 4 rings (SSSR count). The Labute approximate surface area is 160 Å². The number of hydrogen-bond donors (Lipinski definition) is 0. The normalized spacial score (nSPS) is 12.0. The Morgan fingerprint density at radius 2 is 1.78 bits per heavy atom. The highest BCUT2D eigenvalue weighted by Gasteiger charge is 2.11. The molecule has 3 aromatic heterocycles. The topological polar surface area (TPSA) is 63.4 Å². The zero-order valence-electron chi connectivity index (χ0n) is 15.2. The third kappa shape index (κ3) is 3.33. The van der Waals surface area contributed by atoms with Crippen LogP contribution in [0.15, 0.2) is 53.6 Å². The molecule has 7 heteroatoms. The van der Waals surface area contributed by atoms with Crippen LogP contribution in [-0.2, 0) is 0 Å². The van der Waals surface area contributed by atoms with E-state index in [9.17, 15) is 4.79 Å². The molecule has 4 aromatic rings. The van der Waals surface area contributed by atoms with Gasteiger partial charge >= 0.3 is 0 Å². The summed E-state index contributed by atoms with van der Waals surface area (Å²) in [6.45, 7) is 6.22. The number of hydrogen-bond acceptors (Lipinski definition) is 6. The third-order valence-corrected chi connectivity index (χ3v) is 5.40. The van der Waals surface area contributed by atoms with Gasteiger partial charge in [0.25, 0.3) is 5.56 Å². The van der Waals surface area contributed by atoms with Gasteiger partial charge in [0.1, 0.15) is 0 Å². The average Bonchev–Trinajstić information content (AvgIpc) is 3.25. The summed E-state index contributed by atoms with van der Waals surface area (Å²) in [4.78, 5) is 24.0. The van der Waals surface area contributed by atoms with Crippen molar-refractivity contribution in [2.24, 2.45) is 0 Å². The van der Waals surface area contributed by atoms with Crippen molar-refractivity contribution in [1.29, 1.82) is 0 Å². The Bertz CT molecular complexity index is 1160. The second kappa shape index (κ2) is 7.28. The van der Waals surface area contributed by atoms with Crippen LogP contribution in [0.5, 0.6) is 0 Å². The van der Waals surface area contributed by atoms with Crippen molar-refractivity contribution in [3.8, 4) is 11.4 Å². The third-order valence-electron chi connectivity index (χ3n) is 4.44. The van der Waals surface area contributed by atoms with Crippen molar-refractivity contribution in [1.82, 2.24) is 19.6 Å². The summed E-state index contributed by atoms with van der Waals surface area (Å²) in [5.74, 6) is 0.538. The quantitative estimate of drug-likeness (QED) is 0.535. The smallest absolute Gasteiger partial charge is 0.291 e. The van der Waals surface area contributed by atoms with E-state index in [1.807, 2.05) is 30.3 Å². The molecule has 27 heavy (non-hydrogen) atoms. The summed E-state index contributed by atoms with van der Waals surface area (Å²) in [6, 6.07) is 11.9. The summed E-state index contributed by atoms with van der Waals surface area (Å²) < 4.78 is 2.00. The van der Waals surface area contributed by atoms with Gasteiger partial charge in [-0.05, 0) is 49.8 Å². The van der Waals surface area contributed by atoms with Gasteiger partial charge in [-0.2, -0.15) is 9.50 Å². The van der Waals surface area contributed by atoms with Gasteiger partial charge in [-0.3, -0.25) is 9.78 Å². The van der Waals surface area contributed by atoms with Crippen molar-refractivity contribution in [3.05, 3.63) is 69.2 Å².